The van der Waals surface area contributed by atoms with Crippen LogP contribution in [0.3, 0.4) is 0 Å². The second-order valence-corrected chi connectivity index (χ2v) is 5.62. The molecular formula is C16H21N3O2. The average Bonchev–Trinajstić information content (AvgIpc) is 2.53. The van der Waals surface area contributed by atoms with Gasteiger partial charge in [0.1, 0.15) is 19.0 Å². The third-order valence-corrected chi connectivity index (χ3v) is 4.08. The van der Waals surface area contributed by atoms with Crippen molar-refractivity contribution in [2.24, 2.45) is 5.73 Å². The normalized spacial score (nSPS) is 16.5. The minimum Gasteiger partial charge on any atom is -0.486 e. The number of nitrogens with one attached hydrogen (secondary N) is 1. The zero-order valence-electron chi connectivity index (χ0n) is 12.5. The van der Waals surface area contributed by atoms with Gasteiger partial charge < -0.3 is 20.5 Å². The van der Waals surface area contributed by atoms with E-state index in [-0.39, 0.29) is 5.54 Å². The van der Waals surface area contributed by atoms with Gasteiger partial charge in [-0.1, -0.05) is 6.92 Å². The van der Waals surface area contributed by atoms with Crippen LogP contribution in [-0.4, -0.2) is 30.3 Å². The zero-order valence-corrected chi connectivity index (χ0v) is 12.5. The number of benzene rings is 1. The summed E-state index contributed by atoms with van der Waals surface area (Å²) in [6.07, 6.45) is 2.72. The summed E-state index contributed by atoms with van der Waals surface area (Å²) in [5.41, 5.74) is 5.71. The number of ether oxygens (including phenoxy) is 2. The standard InChI is InChI=1S/C16H21N3O2/c1-3-16(2,10-17)19-15-12-9-14-13(20-6-7-21-14)8-11(12)4-5-18-15/h4-5,8-9H,3,6-7,10,17H2,1-2H3,(H,18,19). The Morgan fingerprint density at radius 1 is 1.29 bits per heavy atom. The summed E-state index contributed by atoms with van der Waals surface area (Å²) in [7, 11) is 0. The van der Waals surface area contributed by atoms with E-state index >= 15 is 0 Å². The summed E-state index contributed by atoms with van der Waals surface area (Å²) in [6, 6.07) is 5.97. The molecule has 1 atom stereocenters. The number of aromatic nitrogens is 1. The number of fused-ring (bicyclic) bond motifs is 2. The van der Waals surface area contributed by atoms with Crippen LogP contribution in [0.4, 0.5) is 5.82 Å². The minimum atomic E-state index is -0.172. The summed E-state index contributed by atoms with van der Waals surface area (Å²) < 4.78 is 11.3. The number of hydrogen-bond donors (Lipinski definition) is 2. The molecule has 0 amide bonds. The molecule has 1 aromatic heterocycles. The fourth-order valence-corrected chi connectivity index (χ4v) is 2.38. The zero-order chi connectivity index (χ0) is 14.9. The smallest absolute Gasteiger partial charge is 0.162 e. The fourth-order valence-electron chi connectivity index (χ4n) is 2.38. The van der Waals surface area contributed by atoms with Gasteiger partial charge in [-0.2, -0.15) is 0 Å². The van der Waals surface area contributed by atoms with Gasteiger partial charge in [0, 0.05) is 23.7 Å². The Balaban J connectivity index is 2.07. The van der Waals surface area contributed by atoms with Crippen LogP contribution in [0.25, 0.3) is 10.8 Å². The molecule has 3 rings (SSSR count). The number of pyridine rings is 1. The molecule has 3 N–H and O–H groups in total. The van der Waals surface area contributed by atoms with Crippen molar-refractivity contribution in [2.75, 3.05) is 25.1 Å². The molecule has 1 aliphatic heterocycles. The summed E-state index contributed by atoms with van der Waals surface area (Å²) in [5, 5.41) is 5.57. The average molecular weight is 287 g/mol. The maximum absolute atomic E-state index is 5.89. The van der Waals surface area contributed by atoms with Crippen molar-refractivity contribution >= 4 is 16.6 Å². The first-order valence-electron chi connectivity index (χ1n) is 7.32. The Morgan fingerprint density at radius 3 is 2.67 bits per heavy atom. The van der Waals surface area contributed by atoms with Gasteiger partial charge in [0.25, 0.3) is 0 Å². The highest BCUT2D eigenvalue weighted by molar-refractivity contribution is 5.94. The molecule has 0 saturated carbocycles. The lowest BCUT2D eigenvalue weighted by atomic mass is 9.98. The lowest BCUT2D eigenvalue weighted by molar-refractivity contribution is 0.172. The molecule has 0 spiro atoms. The van der Waals surface area contributed by atoms with Crippen LogP contribution in [-0.2, 0) is 0 Å². The van der Waals surface area contributed by atoms with Crippen LogP contribution in [0.2, 0.25) is 0 Å². The Morgan fingerprint density at radius 2 is 2.00 bits per heavy atom. The third kappa shape index (κ3) is 2.61. The first-order chi connectivity index (χ1) is 10.1. The summed E-state index contributed by atoms with van der Waals surface area (Å²) in [4.78, 5) is 4.47. The van der Waals surface area contributed by atoms with Crippen molar-refractivity contribution in [3.8, 4) is 11.5 Å². The van der Waals surface area contributed by atoms with Gasteiger partial charge in [0.2, 0.25) is 0 Å². The van der Waals surface area contributed by atoms with Crippen LogP contribution in [0.15, 0.2) is 24.4 Å². The first kappa shape index (κ1) is 13.9. The van der Waals surface area contributed by atoms with Gasteiger partial charge >= 0.3 is 0 Å². The van der Waals surface area contributed by atoms with Crippen LogP contribution in [0.1, 0.15) is 20.3 Å². The van der Waals surface area contributed by atoms with Crippen LogP contribution >= 0.6 is 0 Å². The molecule has 1 aromatic carbocycles. The molecule has 2 aromatic rings. The molecular weight excluding hydrogens is 266 g/mol. The maximum Gasteiger partial charge on any atom is 0.162 e. The highest BCUT2D eigenvalue weighted by atomic mass is 16.6. The van der Waals surface area contributed by atoms with Crippen molar-refractivity contribution in [2.45, 2.75) is 25.8 Å². The van der Waals surface area contributed by atoms with E-state index in [4.69, 9.17) is 15.2 Å². The molecule has 21 heavy (non-hydrogen) atoms. The second-order valence-electron chi connectivity index (χ2n) is 5.62. The maximum atomic E-state index is 5.89. The highest BCUT2D eigenvalue weighted by Crippen LogP contribution is 2.37. The molecule has 2 heterocycles. The predicted octanol–water partition coefficient (Wildman–Crippen LogP) is 2.55. The van der Waals surface area contributed by atoms with E-state index in [2.05, 4.69) is 24.1 Å². The van der Waals surface area contributed by atoms with Gasteiger partial charge in [0.15, 0.2) is 11.5 Å². The van der Waals surface area contributed by atoms with E-state index < -0.39 is 0 Å². The molecule has 0 radical (unpaired) electrons. The summed E-state index contributed by atoms with van der Waals surface area (Å²) in [5.74, 6) is 2.40. The highest BCUT2D eigenvalue weighted by Gasteiger charge is 2.22. The van der Waals surface area contributed by atoms with E-state index in [0.29, 0.717) is 19.8 Å². The van der Waals surface area contributed by atoms with Crippen molar-refractivity contribution in [1.82, 2.24) is 4.98 Å². The first-order valence-corrected chi connectivity index (χ1v) is 7.32. The van der Waals surface area contributed by atoms with Crippen LogP contribution < -0.4 is 20.5 Å². The van der Waals surface area contributed by atoms with E-state index in [1.165, 1.54) is 0 Å². The molecule has 112 valence electrons. The monoisotopic (exact) mass is 287 g/mol. The molecule has 5 nitrogen and oxygen atoms in total. The molecule has 0 aliphatic carbocycles. The third-order valence-electron chi connectivity index (χ3n) is 4.08. The number of anilines is 1. The second kappa shape index (κ2) is 5.41. The number of nitrogens with zero attached hydrogens (tertiary/aromatic N) is 1. The van der Waals surface area contributed by atoms with Crippen molar-refractivity contribution in [3.05, 3.63) is 24.4 Å². The predicted molar refractivity (Wildman–Crippen MR) is 84.1 cm³/mol. The van der Waals surface area contributed by atoms with Gasteiger partial charge in [-0.15, -0.1) is 0 Å². The SMILES string of the molecule is CCC(C)(CN)Nc1nccc2cc3c(cc12)OCCO3. The van der Waals surface area contributed by atoms with Crippen molar-refractivity contribution < 1.29 is 9.47 Å². The quantitative estimate of drug-likeness (QED) is 0.904. The summed E-state index contributed by atoms with van der Waals surface area (Å²) >= 11 is 0. The topological polar surface area (TPSA) is 69.4 Å². The largest absolute Gasteiger partial charge is 0.486 e. The Labute approximate surface area is 124 Å². The van der Waals surface area contributed by atoms with Crippen molar-refractivity contribution in [3.63, 3.8) is 0 Å². The fraction of sp³-hybridized carbons (Fsp3) is 0.438. The van der Waals surface area contributed by atoms with Crippen LogP contribution in [0, 0.1) is 0 Å². The molecule has 0 fully saturated rings. The molecule has 0 saturated heterocycles. The van der Waals surface area contributed by atoms with Gasteiger partial charge in [-0.25, -0.2) is 4.98 Å². The Kier molecular flexibility index (Phi) is 3.59. The van der Waals surface area contributed by atoms with E-state index in [1.54, 1.807) is 6.20 Å². The van der Waals surface area contributed by atoms with Crippen LogP contribution in [0.5, 0.6) is 11.5 Å². The van der Waals surface area contributed by atoms with Gasteiger partial charge in [-0.05, 0) is 36.9 Å². The minimum absolute atomic E-state index is 0.172. The number of rotatable bonds is 4. The van der Waals surface area contributed by atoms with Gasteiger partial charge in [0.05, 0.1) is 0 Å². The lowest BCUT2D eigenvalue weighted by Crippen LogP contribution is -2.42. The van der Waals surface area contributed by atoms with E-state index in [1.807, 2.05) is 18.2 Å². The van der Waals surface area contributed by atoms with Crippen molar-refractivity contribution in [1.29, 1.82) is 0 Å². The van der Waals surface area contributed by atoms with Gasteiger partial charge in [-0.3, -0.25) is 0 Å². The van der Waals surface area contributed by atoms with E-state index in [0.717, 1.165) is 34.5 Å². The molecule has 0 bridgehead atoms. The molecule has 5 heteroatoms. The number of nitrogens with two attached hydrogens (primary N) is 1. The molecule has 1 aliphatic rings. The number of hydrogen-bond acceptors (Lipinski definition) is 5. The Bertz CT molecular complexity index is 653. The molecule has 1 unspecified atom stereocenters. The summed E-state index contributed by atoms with van der Waals surface area (Å²) in [6.45, 7) is 5.94. The lowest BCUT2D eigenvalue weighted by Gasteiger charge is -2.29. The Hall–Kier alpha value is -2.01. The van der Waals surface area contributed by atoms with E-state index in [9.17, 15) is 0 Å².